The Morgan fingerprint density at radius 2 is 0.914 bits per heavy atom. The number of fused-ring (bicyclic) bond motifs is 6. The fourth-order valence-electron chi connectivity index (χ4n) is 8.37. The minimum atomic E-state index is -5.13. The summed E-state index contributed by atoms with van der Waals surface area (Å²) >= 11 is 0. The second-order valence-corrected chi connectivity index (χ2v) is 15.1. The highest BCUT2D eigenvalue weighted by molar-refractivity contribution is 6.11. The van der Waals surface area contributed by atoms with Crippen molar-refractivity contribution in [3.8, 4) is 39.7 Å². The molecule has 0 aliphatic carbocycles. The Balaban J connectivity index is 1.43. The molecule has 0 aliphatic rings. The van der Waals surface area contributed by atoms with Crippen LogP contribution in [0.3, 0.4) is 0 Å². The third-order valence-corrected chi connectivity index (χ3v) is 11.0. The van der Waals surface area contributed by atoms with Crippen molar-refractivity contribution < 1.29 is 26.3 Å². The lowest BCUT2D eigenvalue weighted by Gasteiger charge is -2.22. The molecule has 0 saturated carbocycles. The van der Waals surface area contributed by atoms with Gasteiger partial charge in [-0.15, -0.1) is 0 Å². The van der Waals surface area contributed by atoms with Gasteiger partial charge in [-0.2, -0.15) is 31.6 Å². The molecule has 58 heavy (non-hydrogen) atoms. The number of nitriles is 1. The fraction of sp³-hybridized carbons (Fsp3) is 0.122. The van der Waals surface area contributed by atoms with Gasteiger partial charge in [-0.1, -0.05) is 58.7 Å². The maximum absolute atomic E-state index is 15.0. The molecule has 0 saturated heterocycles. The van der Waals surface area contributed by atoms with E-state index in [1.165, 1.54) is 0 Å². The average molecular weight is 778 g/mol. The van der Waals surface area contributed by atoms with Crippen LogP contribution in [0.2, 0.25) is 0 Å². The van der Waals surface area contributed by atoms with Crippen LogP contribution in [0.1, 0.15) is 38.9 Å². The van der Waals surface area contributed by atoms with Crippen LogP contribution in [-0.4, -0.2) is 9.13 Å². The lowest BCUT2D eigenvalue weighted by Crippen LogP contribution is -2.12. The third-order valence-electron chi connectivity index (χ3n) is 11.0. The van der Waals surface area contributed by atoms with Gasteiger partial charge in [-0.05, 0) is 135 Å². The van der Waals surface area contributed by atoms with Crippen LogP contribution in [0.25, 0.3) is 77.2 Å². The predicted octanol–water partition coefficient (Wildman–Crippen LogP) is 14.4. The summed E-state index contributed by atoms with van der Waals surface area (Å²) in [4.78, 5) is 0. The molecule has 3 nitrogen and oxygen atoms in total. The molecule has 0 amide bonds. The second kappa shape index (κ2) is 13.1. The van der Waals surface area contributed by atoms with Crippen molar-refractivity contribution in [2.45, 2.75) is 40.0 Å². The molecule has 0 unspecified atom stereocenters. The van der Waals surface area contributed by atoms with Gasteiger partial charge >= 0.3 is 12.4 Å². The van der Waals surface area contributed by atoms with Gasteiger partial charge in [0.2, 0.25) is 0 Å². The molecule has 9 rings (SSSR count). The van der Waals surface area contributed by atoms with E-state index in [9.17, 15) is 31.6 Å². The summed E-state index contributed by atoms with van der Waals surface area (Å²) < 4.78 is 90.8. The summed E-state index contributed by atoms with van der Waals surface area (Å²) in [5.74, 6) is 0. The Labute approximate surface area is 329 Å². The largest absolute Gasteiger partial charge is 0.417 e. The summed E-state index contributed by atoms with van der Waals surface area (Å²) in [6.45, 7) is 8.02. The molecule has 0 radical (unpaired) electrons. The summed E-state index contributed by atoms with van der Waals surface area (Å²) in [5.41, 5.74) is 6.63. The maximum atomic E-state index is 15.0. The lowest BCUT2D eigenvalue weighted by atomic mass is 9.88. The van der Waals surface area contributed by atoms with Crippen LogP contribution >= 0.6 is 0 Å². The molecule has 286 valence electrons. The number of aryl methyl sites for hydroxylation is 4. The Bertz CT molecular complexity index is 3090. The van der Waals surface area contributed by atoms with Gasteiger partial charge in [0.15, 0.2) is 0 Å². The molecule has 9 heteroatoms. The Hall–Kier alpha value is -6.79. The molecular formula is C49H33F6N3. The first-order valence-electron chi connectivity index (χ1n) is 18.6. The quantitative estimate of drug-likeness (QED) is 0.164. The van der Waals surface area contributed by atoms with E-state index < -0.39 is 29.0 Å². The zero-order valence-electron chi connectivity index (χ0n) is 31.7. The van der Waals surface area contributed by atoms with Crippen molar-refractivity contribution >= 4 is 43.6 Å². The van der Waals surface area contributed by atoms with Crippen molar-refractivity contribution in [1.82, 2.24) is 9.13 Å². The van der Waals surface area contributed by atoms with E-state index >= 15 is 0 Å². The number of halogens is 6. The van der Waals surface area contributed by atoms with Crippen molar-refractivity contribution in [2.24, 2.45) is 0 Å². The molecule has 2 aromatic heterocycles. The number of aromatic nitrogens is 2. The van der Waals surface area contributed by atoms with Crippen molar-refractivity contribution in [3.63, 3.8) is 0 Å². The summed E-state index contributed by atoms with van der Waals surface area (Å²) in [6.07, 6.45) is -10.1. The lowest BCUT2D eigenvalue weighted by molar-refractivity contribution is -0.142. The Morgan fingerprint density at radius 3 is 1.38 bits per heavy atom. The molecule has 0 bridgehead atoms. The van der Waals surface area contributed by atoms with Crippen LogP contribution in [0.4, 0.5) is 26.3 Å². The Kier molecular flexibility index (Phi) is 8.34. The average Bonchev–Trinajstić information content (AvgIpc) is 3.67. The monoisotopic (exact) mass is 777 g/mol. The van der Waals surface area contributed by atoms with Gasteiger partial charge in [0.25, 0.3) is 0 Å². The van der Waals surface area contributed by atoms with E-state index in [1.807, 2.05) is 85.4 Å². The third kappa shape index (κ3) is 5.99. The van der Waals surface area contributed by atoms with Crippen LogP contribution in [-0.2, 0) is 12.4 Å². The highest BCUT2D eigenvalue weighted by Crippen LogP contribution is 2.47. The zero-order valence-corrected chi connectivity index (χ0v) is 31.7. The highest BCUT2D eigenvalue weighted by Gasteiger charge is 2.39. The maximum Gasteiger partial charge on any atom is 0.417 e. The standard InChI is InChI=1S/C49H33F6N3/c1-27-5-14-43-37(19-27)38-20-28(2)6-15-44(38)57(43)33-11-13-34(35-12-10-32(48(50,51)52)24-42(35)49(53,54)55)36(25-33)41-23-31(26-56)9-18-47(41)58-45-16-7-29(3)21-39(45)40-22-30(4)8-17-46(40)58/h5-25H,1-4H3. The predicted molar refractivity (Wildman–Crippen MR) is 220 cm³/mol. The summed E-state index contributed by atoms with van der Waals surface area (Å²) in [5, 5.41) is 14.2. The number of benzene rings is 7. The van der Waals surface area contributed by atoms with E-state index in [0.717, 1.165) is 71.9 Å². The normalized spacial score (nSPS) is 12.3. The van der Waals surface area contributed by atoms with E-state index in [0.29, 0.717) is 28.6 Å². The molecule has 0 atom stereocenters. The molecule has 7 aromatic carbocycles. The Morgan fingerprint density at radius 1 is 0.431 bits per heavy atom. The first kappa shape index (κ1) is 36.8. The zero-order chi connectivity index (χ0) is 40.8. The van der Waals surface area contributed by atoms with Gasteiger partial charge < -0.3 is 9.13 Å². The number of hydrogen-bond acceptors (Lipinski definition) is 1. The number of alkyl halides is 6. The smallest absolute Gasteiger partial charge is 0.309 e. The van der Waals surface area contributed by atoms with Crippen LogP contribution < -0.4 is 0 Å². The minimum Gasteiger partial charge on any atom is -0.309 e. The van der Waals surface area contributed by atoms with E-state index in [1.54, 1.807) is 36.4 Å². The van der Waals surface area contributed by atoms with Crippen molar-refractivity contribution in [2.75, 3.05) is 0 Å². The first-order chi connectivity index (χ1) is 27.6. The van der Waals surface area contributed by atoms with Crippen molar-refractivity contribution in [3.05, 3.63) is 166 Å². The van der Waals surface area contributed by atoms with E-state index in [4.69, 9.17) is 0 Å². The highest BCUT2D eigenvalue weighted by atomic mass is 19.4. The summed E-state index contributed by atoms with van der Waals surface area (Å²) in [6, 6.07) is 38.5. The molecule has 0 N–H and O–H groups in total. The van der Waals surface area contributed by atoms with Gasteiger partial charge in [-0.25, -0.2) is 0 Å². The molecule has 0 spiro atoms. The van der Waals surface area contributed by atoms with E-state index in [2.05, 4.69) is 30.3 Å². The van der Waals surface area contributed by atoms with E-state index in [-0.39, 0.29) is 17.2 Å². The topological polar surface area (TPSA) is 33.6 Å². The SMILES string of the molecule is Cc1ccc2c(c1)c1cc(C)ccc1n2-c1ccc(-c2ccc(C(F)(F)F)cc2C(F)(F)F)c(-c2cc(C#N)ccc2-n2c3ccc(C)cc3c3cc(C)ccc32)c1. The molecule has 0 aliphatic heterocycles. The van der Waals surface area contributed by atoms with Gasteiger partial charge in [-0.3, -0.25) is 0 Å². The number of rotatable bonds is 4. The number of hydrogen-bond donors (Lipinski definition) is 0. The van der Waals surface area contributed by atoms with Crippen LogP contribution in [0.15, 0.2) is 127 Å². The van der Waals surface area contributed by atoms with Gasteiger partial charge in [0.05, 0.1) is 50.5 Å². The minimum absolute atomic E-state index is 0.0565. The molecule has 9 aromatic rings. The molecule has 2 heterocycles. The first-order valence-corrected chi connectivity index (χ1v) is 18.6. The van der Waals surface area contributed by atoms with Gasteiger partial charge in [0, 0.05) is 32.8 Å². The van der Waals surface area contributed by atoms with Crippen LogP contribution in [0, 0.1) is 39.0 Å². The van der Waals surface area contributed by atoms with Crippen LogP contribution in [0.5, 0.6) is 0 Å². The fourth-order valence-corrected chi connectivity index (χ4v) is 8.37. The second-order valence-electron chi connectivity index (χ2n) is 15.1. The van der Waals surface area contributed by atoms with Crippen molar-refractivity contribution in [1.29, 1.82) is 5.26 Å². The molecule has 0 fully saturated rings. The summed E-state index contributed by atoms with van der Waals surface area (Å²) in [7, 11) is 0. The number of nitrogens with zero attached hydrogens (tertiary/aromatic N) is 3. The molecular weight excluding hydrogens is 745 g/mol. The van der Waals surface area contributed by atoms with Gasteiger partial charge in [0.1, 0.15) is 0 Å².